The van der Waals surface area contributed by atoms with Crippen LogP contribution in [0.15, 0.2) is 72.8 Å². The van der Waals surface area contributed by atoms with Crippen LogP contribution >= 0.6 is 0 Å². The summed E-state index contributed by atoms with van der Waals surface area (Å²) in [7, 11) is 0. The Bertz CT molecular complexity index is 904. The molecule has 0 saturated heterocycles. The van der Waals surface area contributed by atoms with Crippen molar-refractivity contribution in [3.63, 3.8) is 0 Å². The Labute approximate surface area is 182 Å². The summed E-state index contributed by atoms with van der Waals surface area (Å²) in [6, 6.07) is 26.1. The third-order valence-corrected chi connectivity index (χ3v) is 6.93. The largest absolute Gasteiger partial charge is 0.321 e. The normalized spacial score (nSPS) is 12.2. The molecule has 30 heavy (non-hydrogen) atoms. The van der Waals surface area contributed by atoms with E-state index in [0.29, 0.717) is 0 Å². The molecule has 3 aromatic carbocycles. The summed E-state index contributed by atoms with van der Waals surface area (Å²) in [6.07, 6.45) is 3.70. The van der Waals surface area contributed by atoms with E-state index in [2.05, 4.69) is 100 Å². The Balaban J connectivity index is 2.01. The van der Waals surface area contributed by atoms with Gasteiger partial charge in [0.15, 0.2) is 0 Å². The van der Waals surface area contributed by atoms with Crippen molar-refractivity contribution >= 4 is 0 Å². The minimum absolute atomic E-state index is 0.271. The average molecular weight is 401 g/mol. The van der Waals surface area contributed by atoms with Crippen molar-refractivity contribution in [3.8, 4) is 22.3 Å². The van der Waals surface area contributed by atoms with Gasteiger partial charge in [0.2, 0.25) is 0 Å². The van der Waals surface area contributed by atoms with E-state index >= 15 is 0 Å². The lowest BCUT2D eigenvalue weighted by atomic mass is 9.83. The molecular formula is C28H36N2. The quantitative estimate of drug-likeness (QED) is 0.429. The highest BCUT2D eigenvalue weighted by Crippen LogP contribution is 2.33. The van der Waals surface area contributed by atoms with E-state index in [0.717, 1.165) is 25.7 Å². The predicted octanol–water partition coefficient (Wildman–Crippen LogP) is 6.97. The van der Waals surface area contributed by atoms with Crippen LogP contribution in [0.3, 0.4) is 0 Å². The molecule has 0 atom stereocenters. The standard InChI is InChI=1S/C28H36N2/c1-5-27(29,6-2)25-16-10-14-23(19-25)21-12-9-13-22(18-21)24-15-11-17-26(20-24)28(30,7-3)8-4/h9-20H,5-8,29-30H2,1-4H3. The fourth-order valence-corrected chi connectivity index (χ4v) is 4.21. The first kappa shape index (κ1) is 22.3. The number of rotatable bonds is 8. The Morgan fingerprint density at radius 1 is 0.500 bits per heavy atom. The maximum Gasteiger partial charge on any atom is 0.0404 e. The first-order valence-corrected chi connectivity index (χ1v) is 11.3. The third-order valence-electron chi connectivity index (χ3n) is 6.93. The van der Waals surface area contributed by atoms with Crippen molar-refractivity contribution in [2.45, 2.75) is 64.5 Å². The summed E-state index contributed by atoms with van der Waals surface area (Å²) in [5.74, 6) is 0. The molecule has 2 nitrogen and oxygen atoms in total. The van der Waals surface area contributed by atoms with Crippen molar-refractivity contribution in [3.05, 3.63) is 83.9 Å². The summed E-state index contributed by atoms with van der Waals surface area (Å²) in [5.41, 5.74) is 20.0. The van der Waals surface area contributed by atoms with Gasteiger partial charge in [-0.2, -0.15) is 0 Å². The first-order chi connectivity index (χ1) is 14.4. The van der Waals surface area contributed by atoms with Gasteiger partial charge in [-0.15, -0.1) is 0 Å². The minimum atomic E-state index is -0.271. The molecule has 0 fully saturated rings. The summed E-state index contributed by atoms with van der Waals surface area (Å²) in [6.45, 7) is 8.64. The van der Waals surface area contributed by atoms with Gasteiger partial charge in [-0.1, -0.05) is 82.3 Å². The summed E-state index contributed by atoms with van der Waals surface area (Å²) in [5, 5.41) is 0. The van der Waals surface area contributed by atoms with Crippen LogP contribution < -0.4 is 11.5 Å². The monoisotopic (exact) mass is 400 g/mol. The molecule has 0 bridgehead atoms. The maximum atomic E-state index is 6.66. The van der Waals surface area contributed by atoms with Crippen LogP contribution in [0.1, 0.15) is 64.5 Å². The van der Waals surface area contributed by atoms with E-state index in [4.69, 9.17) is 11.5 Å². The minimum Gasteiger partial charge on any atom is -0.321 e. The molecule has 0 aromatic heterocycles. The zero-order valence-corrected chi connectivity index (χ0v) is 18.9. The zero-order valence-electron chi connectivity index (χ0n) is 18.9. The van der Waals surface area contributed by atoms with Crippen molar-refractivity contribution in [2.24, 2.45) is 11.5 Å². The predicted molar refractivity (Wildman–Crippen MR) is 130 cm³/mol. The molecule has 3 aromatic rings. The van der Waals surface area contributed by atoms with Crippen LogP contribution in [0.4, 0.5) is 0 Å². The van der Waals surface area contributed by atoms with E-state index in [1.807, 2.05) is 0 Å². The third kappa shape index (κ3) is 4.35. The van der Waals surface area contributed by atoms with Crippen LogP contribution in [-0.4, -0.2) is 0 Å². The lowest BCUT2D eigenvalue weighted by Gasteiger charge is -2.28. The van der Waals surface area contributed by atoms with E-state index in [9.17, 15) is 0 Å². The molecule has 0 saturated carbocycles. The second-order valence-electron chi connectivity index (χ2n) is 8.47. The van der Waals surface area contributed by atoms with Crippen molar-refractivity contribution in [2.75, 3.05) is 0 Å². The van der Waals surface area contributed by atoms with Gasteiger partial charge >= 0.3 is 0 Å². The first-order valence-electron chi connectivity index (χ1n) is 11.3. The molecule has 0 aliphatic rings. The highest BCUT2D eigenvalue weighted by molar-refractivity contribution is 5.74. The molecule has 2 heteroatoms. The lowest BCUT2D eigenvalue weighted by molar-refractivity contribution is 0.413. The summed E-state index contributed by atoms with van der Waals surface area (Å²) >= 11 is 0. The fraction of sp³-hybridized carbons (Fsp3) is 0.357. The van der Waals surface area contributed by atoms with Gasteiger partial charge in [0.25, 0.3) is 0 Å². The zero-order chi connectivity index (χ0) is 21.8. The molecule has 0 unspecified atom stereocenters. The number of hydrogen-bond donors (Lipinski definition) is 2. The highest BCUT2D eigenvalue weighted by atomic mass is 14.7. The van der Waals surface area contributed by atoms with Crippen molar-refractivity contribution in [1.29, 1.82) is 0 Å². The molecule has 0 aliphatic carbocycles. The number of nitrogens with two attached hydrogens (primary N) is 2. The molecule has 0 aliphatic heterocycles. The number of hydrogen-bond acceptors (Lipinski definition) is 2. The molecule has 4 N–H and O–H groups in total. The molecule has 0 spiro atoms. The Morgan fingerprint density at radius 3 is 1.13 bits per heavy atom. The molecule has 0 heterocycles. The second-order valence-corrected chi connectivity index (χ2v) is 8.47. The molecule has 0 amide bonds. The highest BCUT2D eigenvalue weighted by Gasteiger charge is 2.24. The Hall–Kier alpha value is -2.42. The number of benzene rings is 3. The van der Waals surface area contributed by atoms with E-state index in [1.54, 1.807) is 0 Å². The molecular weight excluding hydrogens is 364 g/mol. The molecule has 158 valence electrons. The van der Waals surface area contributed by atoms with Crippen LogP contribution in [0, 0.1) is 0 Å². The van der Waals surface area contributed by atoms with Gasteiger partial charge in [0.05, 0.1) is 0 Å². The molecule has 3 rings (SSSR count). The average Bonchev–Trinajstić information content (AvgIpc) is 2.83. The van der Waals surface area contributed by atoms with Gasteiger partial charge in [0, 0.05) is 11.1 Å². The smallest absolute Gasteiger partial charge is 0.0404 e. The van der Waals surface area contributed by atoms with E-state index in [-0.39, 0.29) is 11.1 Å². The Kier molecular flexibility index (Phi) is 6.80. The van der Waals surface area contributed by atoms with Crippen molar-refractivity contribution < 1.29 is 0 Å². The summed E-state index contributed by atoms with van der Waals surface area (Å²) < 4.78 is 0. The van der Waals surface area contributed by atoms with Crippen molar-refractivity contribution in [1.82, 2.24) is 0 Å². The van der Waals surface area contributed by atoms with Gasteiger partial charge in [0.1, 0.15) is 0 Å². The van der Waals surface area contributed by atoms with E-state index < -0.39 is 0 Å². The van der Waals surface area contributed by atoms with E-state index in [1.165, 1.54) is 33.4 Å². The second kappa shape index (κ2) is 9.16. The van der Waals surface area contributed by atoms with Crippen LogP contribution in [0.25, 0.3) is 22.3 Å². The Morgan fingerprint density at radius 2 is 0.800 bits per heavy atom. The van der Waals surface area contributed by atoms with Gasteiger partial charge in [-0.25, -0.2) is 0 Å². The van der Waals surface area contributed by atoms with Crippen LogP contribution in [-0.2, 0) is 11.1 Å². The fourth-order valence-electron chi connectivity index (χ4n) is 4.21. The lowest BCUT2D eigenvalue weighted by Crippen LogP contribution is -2.35. The van der Waals surface area contributed by atoms with Crippen LogP contribution in [0.2, 0.25) is 0 Å². The SMILES string of the molecule is CCC(N)(CC)c1cccc(-c2cccc(-c3cccc(C(N)(CC)CC)c3)c2)c1. The van der Waals surface area contributed by atoms with Gasteiger partial charge in [-0.05, 0) is 77.3 Å². The van der Waals surface area contributed by atoms with Gasteiger partial charge < -0.3 is 11.5 Å². The molecule has 0 radical (unpaired) electrons. The van der Waals surface area contributed by atoms with Gasteiger partial charge in [-0.3, -0.25) is 0 Å². The summed E-state index contributed by atoms with van der Waals surface area (Å²) in [4.78, 5) is 0. The maximum absolute atomic E-state index is 6.66. The van der Waals surface area contributed by atoms with Crippen LogP contribution in [0.5, 0.6) is 0 Å². The topological polar surface area (TPSA) is 52.0 Å².